The van der Waals surface area contributed by atoms with E-state index < -0.39 is 0 Å². The smallest absolute Gasteiger partial charge is 0.283 e. The second-order valence-corrected chi connectivity index (χ2v) is 6.17. The number of aromatic nitrogens is 2. The summed E-state index contributed by atoms with van der Waals surface area (Å²) in [4.78, 5) is 19.7. The van der Waals surface area contributed by atoms with Crippen LogP contribution in [-0.4, -0.2) is 35.0 Å². The molecule has 1 aromatic carbocycles. The molecule has 0 unspecified atom stereocenters. The van der Waals surface area contributed by atoms with Crippen molar-refractivity contribution < 1.29 is 4.39 Å². The fraction of sp³-hybridized carbons (Fsp3) is 0.188. The summed E-state index contributed by atoms with van der Waals surface area (Å²) in [7, 11) is 3.65. The fourth-order valence-electron chi connectivity index (χ4n) is 2.22. The van der Waals surface area contributed by atoms with Gasteiger partial charge in [-0.2, -0.15) is 9.78 Å². The maximum atomic E-state index is 13.1. The summed E-state index contributed by atoms with van der Waals surface area (Å²) in [5, 5.41) is 6.54. The molecule has 0 amide bonds. The summed E-state index contributed by atoms with van der Waals surface area (Å²) in [6, 6.07) is 6.07. The number of hydrogen-bond acceptors (Lipinski definition) is 4. The molecular formula is C16H15FN4OS. The summed E-state index contributed by atoms with van der Waals surface area (Å²) >= 11 is 1.39. The molecule has 0 saturated heterocycles. The first-order valence-corrected chi connectivity index (χ1v) is 7.83. The first-order chi connectivity index (χ1) is 11.0. The Morgan fingerprint density at radius 1 is 1.30 bits per heavy atom. The molecule has 0 radical (unpaired) electrons. The van der Waals surface area contributed by atoms with E-state index in [1.807, 2.05) is 19.5 Å². The first kappa shape index (κ1) is 15.4. The lowest BCUT2D eigenvalue weighted by Crippen LogP contribution is -2.22. The van der Waals surface area contributed by atoms with Gasteiger partial charge in [0.2, 0.25) is 0 Å². The minimum Gasteiger partial charge on any atom is -0.367 e. The molecular weight excluding hydrogens is 315 g/mol. The summed E-state index contributed by atoms with van der Waals surface area (Å²) in [5.41, 5.74) is 1.30. The van der Waals surface area contributed by atoms with E-state index in [9.17, 15) is 9.18 Å². The van der Waals surface area contributed by atoms with Gasteiger partial charge >= 0.3 is 0 Å². The lowest BCUT2D eigenvalue weighted by molar-refractivity contribution is 0.626. The number of hydrogen-bond donors (Lipinski definition) is 0. The molecule has 0 aliphatic rings. The van der Waals surface area contributed by atoms with Crippen LogP contribution in [0.1, 0.15) is 5.82 Å². The monoisotopic (exact) mass is 330 g/mol. The Kier molecular flexibility index (Phi) is 3.96. The van der Waals surface area contributed by atoms with Gasteiger partial charge in [-0.3, -0.25) is 4.79 Å². The third-order valence-electron chi connectivity index (χ3n) is 3.30. The number of nitrogens with zero attached hydrogens (tertiary/aromatic N) is 4. The van der Waals surface area contributed by atoms with E-state index in [0.717, 1.165) is 11.1 Å². The number of fused-ring (bicyclic) bond motifs is 1. The highest BCUT2D eigenvalue weighted by atomic mass is 32.1. The van der Waals surface area contributed by atoms with E-state index >= 15 is 0 Å². The van der Waals surface area contributed by atoms with Crippen LogP contribution in [0.3, 0.4) is 0 Å². The largest absolute Gasteiger partial charge is 0.367 e. The second kappa shape index (κ2) is 5.92. The standard InChI is InChI=1S/C16H15FN4OS/c1-10-19-15-14(16(22)21(10)18-9-20(2)3)13(8-23-15)11-4-6-12(17)7-5-11/h4-9H,1-3H3/b18-9+. The highest BCUT2D eigenvalue weighted by molar-refractivity contribution is 7.17. The molecule has 0 fully saturated rings. The van der Waals surface area contributed by atoms with Gasteiger partial charge in [-0.1, -0.05) is 12.1 Å². The van der Waals surface area contributed by atoms with E-state index in [1.165, 1.54) is 28.1 Å². The van der Waals surface area contributed by atoms with Crippen LogP contribution in [-0.2, 0) is 0 Å². The zero-order chi connectivity index (χ0) is 16.6. The van der Waals surface area contributed by atoms with Gasteiger partial charge in [0.1, 0.15) is 22.8 Å². The predicted octanol–water partition coefficient (Wildman–Crippen LogP) is 2.93. The third kappa shape index (κ3) is 2.87. The molecule has 2 aromatic heterocycles. The van der Waals surface area contributed by atoms with Crippen molar-refractivity contribution in [3.05, 3.63) is 51.6 Å². The quantitative estimate of drug-likeness (QED) is 0.548. The summed E-state index contributed by atoms with van der Waals surface area (Å²) in [6.45, 7) is 1.74. The molecule has 0 N–H and O–H groups in total. The number of halogens is 1. The van der Waals surface area contributed by atoms with E-state index in [2.05, 4.69) is 10.1 Å². The van der Waals surface area contributed by atoms with Gasteiger partial charge < -0.3 is 4.90 Å². The summed E-state index contributed by atoms with van der Waals surface area (Å²) in [5.74, 6) is 0.211. The van der Waals surface area contributed by atoms with E-state index in [0.29, 0.717) is 16.0 Å². The molecule has 2 heterocycles. The Labute approximate surface area is 136 Å². The topological polar surface area (TPSA) is 50.5 Å². The second-order valence-electron chi connectivity index (χ2n) is 5.31. The Balaban J connectivity index is 2.24. The number of thiophene rings is 1. The Hall–Kier alpha value is -2.54. The molecule has 7 heteroatoms. The van der Waals surface area contributed by atoms with Crippen molar-refractivity contribution >= 4 is 27.9 Å². The van der Waals surface area contributed by atoms with Crippen molar-refractivity contribution in [1.82, 2.24) is 14.6 Å². The highest BCUT2D eigenvalue weighted by Gasteiger charge is 2.15. The van der Waals surface area contributed by atoms with Gasteiger partial charge in [0, 0.05) is 25.0 Å². The summed E-state index contributed by atoms with van der Waals surface area (Å²) < 4.78 is 14.4. The van der Waals surface area contributed by atoms with Crippen LogP contribution < -0.4 is 5.56 Å². The molecule has 23 heavy (non-hydrogen) atoms. The van der Waals surface area contributed by atoms with Crippen LogP contribution in [0.4, 0.5) is 4.39 Å². The van der Waals surface area contributed by atoms with Gasteiger partial charge in [-0.25, -0.2) is 9.37 Å². The van der Waals surface area contributed by atoms with Crippen molar-refractivity contribution in [2.75, 3.05) is 14.1 Å². The first-order valence-electron chi connectivity index (χ1n) is 6.95. The minimum absolute atomic E-state index is 0.230. The van der Waals surface area contributed by atoms with Gasteiger partial charge in [0.15, 0.2) is 0 Å². The van der Waals surface area contributed by atoms with Crippen LogP contribution in [0, 0.1) is 12.7 Å². The fourth-order valence-corrected chi connectivity index (χ4v) is 3.20. The average Bonchev–Trinajstić information content (AvgIpc) is 2.91. The lowest BCUT2D eigenvalue weighted by atomic mass is 10.1. The zero-order valence-corrected chi connectivity index (χ0v) is 13.8. The normalized spacial score (nSPS) is 11.5. The molecule has 3 aromatic rings. The Morgan fingerprint density at radius 2 is 2.00 bits per heavy atom. The van der Waals surface area contributed by atoms with Crippen LogP contribution in [0.15, 0.2) is 39.5 Å². The van der Waals surface area contributed by atoms with Crippen molar-refractivity contribution in [2.24, 2.45) is 5.10 Å². The van der Waals surface area contributed by atoms with Crippen molar-refractivity contribution in [3.63, 3.8) is 0 Å². The molecule has 5 nitrogen and oxygen atoms in total. The van der Waals surface area contributed by atoms with Crippen LogP contribution in [0.25, 0.3) is 21.3 Å². The number of aryl methyl sites for hydroxylation is 1. The van der Waals surface area contributed by atoms with Gasteiger partial charge in [0.25, 0.3) is 5.56 Å². The van der Waals surface area contributed by atoms with Crippen molar-refractivity contribution in [1.29, 1.82) is 0 Å². The third-order valence-corrected chi connectivity index (χ3v) is 4.17. The maximum absolute atomic E-state index is 13.1. The SMILES string of the molecule is Cc1nc2scc(-c3ccc(F)cc3)c2c(=O)n1/N=C/N(C)C. The molecule has 0 aliphatic carbocycles. The average molecular weight is 330 g/mol. The van der Waals surface area contributed by atoms with E-state index in [-0.39, 0.29) is 11.4 Å². The van der Waals surface area contributed by atoms with E-state index in [1.54, 1.807) is 30.3 Å². The lowest BCUT2D eigenvalue weighted by Gasteiger charge is -2.07. The molecule has 0 saturated carbocycles. The minimum atomic E-state index is -0.310. The number of rotatable bonds is 3. The predicted molar refractivity (Wildman–Crippen MR) is 91.6 cm³/mol. The van der Waals surface area contributed by atoms with Gasteiger partial charge in [-0.05, 0) is 24.6 Å². The maximum Gasteiger partial charge on any atom is 0.283 e. The molecule has 0 bridgehead atoms. The Bertz CT molecular complexity index is 941. The number of benzene rings is 1. The van der Waals surface area contributed by atoms with Crippen LogP contribution in [0.2, 0.25) is 0 Å². The van der Waals surface area contributed by atoms with Crippen LogP contribution in [0.5, 0.6) is 0 Å². The van der Waals surface area contributed by atoms with Crippen molar-refractivity contribution in [2.45, 2.75) is 6.92 Å². The molecule has 0 aliphatic heterocycles. The highest BCUT2D eigenvalue weighted by Crippen LogP contribution is 2.31. The molecule has 0 spiro atoms. The van der Waals surface area contributed by atoms with Gasteiger partial charge in [-0.15, -0.1) is 11.3 Å². The Morgan fingerprint density at radius 3 is 2.65 bits per heavy atom. The van der Waals surface area contributed by atoms with Crippen LogP contribution >= 0.6 is 11.3 Å². The zero-order valence-electron chi connectivity index (χ0n) is 12.9. The molecule has 3 rings (SSSR count). The molecule has 0 atom stereocenters. The molecule has 118 valence electrons. The van der Waals surface area contributed by atoms with E-state index in [4.69, 9.17) is 0 Å². The van der Waals surface area contributed by atoms with Gasteiger partial charge in [0.05, 0.1) is 5.39 Å². The van der Waals surface area contributed by atoms with Crippen molar-refractivity contribution in [3.8, 4) is 11.1 Å². The summed E-state index contributed by atoms with van der Waals surface area (Å²) in [6.07, 6.45) is 1.55.